The molecule has 0 bridgehead atoms. The van der Waals surface area contributed by atoms with E-state index in [4.69, 9.17) is 16.3 Å². The Morgan fingerprint density at radius 3 is 2.22 bits per heavy atom. The highest BCUT2D eigenvalue weighted by atomic mass is 35.5. The Kier molecular flexibility index (Phi) is 6.54. The van der Waals surface area contributed by atoms with Crippen LogP contribution in [0.1, 0.15) is 11.1 Å². The molecule has 3 nitrogen and oxygen atoms in total. The van der Waals surface area contributed by atoms with Gasteiger partial charge in [0.2, 0.25) is 0 Å². The maximum atomic E-state index is 13.5. The van der Waals surface area contributed by atoms with Crippen LogP contribution >= 0.6 is 11.6 Å². The van der Waals surface area contributed by atoms with Gasteiger partial charge in [-0.2, -0.15) is 35.8 Å². The van der Waals surface area contributed by atoms with Gasteiger partial charge in [-0.3, -0.25) is 0 Å². The lowest BCUT2D eigenvalue weighted by atomic mass is 10.0. The molecule has 0 saturated carbocycles. The molecule has 11 heteroatoms. The Hall–Kier alpha value is -3.01. The second-order valence-corrected chi connectivity index (χ2v) is 7.00. The SMILES string of the molecule is FC(F)(F)C(F)(F)C(F)(F)N/N=C\c1c(OCc2ccccc2Cl)ccc2ccccc12. The Morgan fingerprint density at radius 1 is 0.875 bits per heavy atom. The van der Waals surface area contributed by atoms with Crippen molar-refractivity contribution in [3.05, 3.63) is 76.8 Å². The Bertz CT molecular complexity index is 1130. The predicted molar refractivity (Wildman–Crippen MR) is 106 cm³/mol. The second kappa shape index (κ2) is 8.85. The molecule has 0 aliphatic heterocycles. The van der Waals surface area contributed by atoms with Crippen LogP contribution in [0.3, 0.4) is 0 Å². The Balaban J connectivity index is 1.92. The summed E-state index contributed by atoms with van der Waals surface area (Å²) < 4.78 is 95.7. The van der Waals surface area contributed by atoms with Gasteiger partial charge in [0.05, 0.1) is 6.21 Å². The zero-order valence-electron chi connectivity index (χ0n) is 15.9. The molecular weight excluding hydrogens is 465 g/mol. The molecular formula is C21H14ClF7N2O. The van der Waals surface area contributed by atoms with Crippen LogP contribution in [-0.4, -0.2) is 24.4 Å². The fourth-order valence-corrected chi connectivity index (χ4v) is 2.92. The molecule has 0 unspecified atom stereocenters. The average Bonchev–Trinajstić information content (AvgIpc) is 2.73. The molecule has 0 saturated heterocycles. The summed E-state index contributed by atoms with van der Waals surface area (Å²) in [7, 11) is 0. The number of fused-ring (bicyclic) bond motifs is 1. The number of hydrogen-bond donors (Lipinski definition) is 1. The highest BCUT2D eigenvalue weighted by molar-refractivity contribution is 6.31. The number of halogens is 8. The summed E-state index contributed by atoms with van der Waals surface area (Å²) >= 11 is 6.08. The monoisotopic (exact) mass is 478 g/mol. The first-order chi connectivity index (χ1) is 14.9. The largest absolute Gasteiger partial charge is 0.488 e. The topological polar surface area (TPSA) is 33.6 Å². The Labute approximate surface area is 182 Å². The molecule has 170 valence electrons. The van der Waals surface area contributed by atoms with Gasteiger partial charge in [0.25, 0.3) is 0 Å². The summed E-state index contributed by atoms with van der Waals surface area (Å²) in [4.78, 5) is 0. The minimum absolute atomic E-state index is 0.0193. The fourth-order valence-electron chi connectivity index (χ4n) is 2.73. The minimum Gasteiger partial charge on any atom is -0.488 e. The van der Waals surface area contributed by atoms with E-state index < -0.39 is 18.1 Å². The lowest BCUT2D eigenvalue weighted by Crippen LogP contribution is -2.58. The molecule has 0 fully saturated rings. The van der Waals surface area contributed by atoms with Gasteiger partial charge >= 0.3 is 18.1 Å². The molecule has 0 aliphatic carbocycles. The van der Waals surface area contributed by atoms with E-state index in [9.17, 15) is 30.7 Å². The summed E-state index contributed by atoms with van der Waals surface area (Å²) in [6.45, 7) is -0.0193. The zero-order valence-corrected chi connectivity index (χ0v) is 16.7. The van der Waals surface area contributed by atoms with Crippen molar-refractivity contribution < 1.29 is 35.5 Å². The number of hydrazone groups is 1. The molecule has 32 heavy (non-hydrogen) atoms. The van der Waals surface area contributed by atoms with Gasteiger partial charge in [0.1, 0.15) is 12.4 Å². The molecule has 0 spiro atoms. The van der Waals surface area contributed by atoms with Crippen molar-refractivity contribution in [2.75, 3.05) is 0 Å². The van der Waals surface area contributed by atoms with Gasteiger partial charge in [0.15, 0.2) is 0 Å². The van der Waals surface area contributed by atoms with E-state index in [2.05, 4.69) is 5.10 Å². The summed E-state index contributed by atoms with van der Waals surface area (Å²) in [6, 6.07) is 10.8. The number of nitrogens with zero attached hydrogens (tertiary/aromatic N) is 1. The van der Waals surface area contributed by atoms with Crippen molar-refractivity contribution in [3.63, 3.8) is 0 Å². The van der Waals surface area contributed by atoms with Gasteiger partial charge in [0, 0.05) is 16.1 Å². The molecule has 0 aromatic heterocycles. The summed E-state index contributed by atoms with van der Waals surface area (Å²) in [6.07, 6.45) is -5.77. The molecule has 3 rings (SSSR count). The average molecular weight is 479 g/mol. The van der Waals surface area contributed by atoms with E-state index in [1.54, 1.807) is 54.6 Å². The van der Waals surface area contributed by atoms with Crippen molar-refractivity contribution in [1.29, 1.82) is 0 Å². The van der Waals surface area contributed by atoms with Crippen LogP contribution in [0.5, 0.6) is 5.75 Å². The maximum absolute atomic E-state index is 13.5. The number of ether oxygens (including phenoxy) is 1. The van der Waals surface area contributed by atoms with Crippen LogP contribution in [0.15, 0.2) is 65.8 Å². The van der Waals surface area contributed by atoms with Crippen LogP contribution in [0.25, 0.3) is 10.8 Å². The quantitative estimate of drug-likeness (QED) is 0.176. The number of benzene rings is 3. The first-order valence-corrected chi connectivity index (χ1v) is 9.32. The number of rotatable bonds is 7. The van der Waals surface area contributed by atoms with E-state index in [-0.39, 0.29) is 17.9 Å². The van der Waals surface area contributed by atoms with Crippen molar-refractivity contribution in [2.45, 2.75) is 24.8 Å². The van der Waals surface area contributed by atoms with Gasteiger partial charge < -0.3 is 4.74 Å². The maximum Gasteiger partial charge on any atom is 0.462 e. The second-order valence-electron chi connectivity index (χ2n) is 6.60. The van der Waals surface area contributed by atoms with E-state index in [1.807, 2.05) is 0 Å². The zero-order chi connectivity index (χ0) is 23.6. The summed E-state index contributed by atoms with van der Waals surface area (Å²) in [5, 5.41) is 4.46. The third kappa shape index (κ3) is 4.74. The van der Waals surface area contributed by atoms with Gasteiger partial charge in [-0.25, -0.2) is 5.43 Å². The van der Waals surface area contributed by atoms with E-state index >= 15 is 0 Å². The van der Waals surface area contributed by atoms with Crippen LogP contribution < -0.4 is 10.2 Å². The molecule has 0 atom stereocenters. The highest BCUT2D eigenvalue weighted by Gasteiger charge is 2.73. The van der Waals surface area contributed by atoms with Gasteiger partial charge in [-0.15, -0.1) is 0 Å². The normalized spacial score (nSPS) is 13.0. The first-order valence-electron chi connectivity index (χ1n) is 8.94. The first kappa shape index (κ1) is 23.6. The summed E-state index contributed by atoms with van der Waals surface area (Å²) in [5.41, 5.74) is 1.32. The summed E-state index contributed by atoms with van der Waals surface area (Å²) in [5.74, 6) is -6.21. The predicted octanol–water partition coefficient (Wildman–Crippen LogP) is 6.79. The fraction of sp³-hybridized carbons (Fsp3) is 0.190. The van der Waals surface area contributed by atoms with Crippen molar-refractivity contribution >= 4 is 28.6 Å². The molecule has 0 amide bonds. The van der Waals surface area contributed by atoms with Crippen LogP contribution in [0.2, 0.25) is 5.02 Å². The smallest absolute Gasteiger partial charge is 0.462 e. The van der Waals surface area contributed by atoms with Gasteiger partial charge in [-0.05, 0) is 22.9 Å². The minimum atomic E-state index is -6.47. The van der Waals surface area contributed by atoms with E-state index in [1.165, 1.54) is 6.07 Å². The Morgan fingerprint density at radius 2 is 1.53 bits per heavy atom. The molecule has 0 aliphatic rings. The standard InChI is InChI=1S/C21H14ClF7N2O/c22-17-8-4-2-6-14(17)12-32-18-10-9-13-5-1-3-7-15(13)16(18)11-30-31-21(28,29)19(23,24)20(25,26)27/h1-11,31H,12H2/b30-11-. The molecule has 1 N–H and O–H groups in total. The molecule has 0 radical (unpaired) electrons. The number of hydrogen-bond acceptors (Lipinski definition) is 3. The van der Waals surface area contributed by atoms with Crippen molar-refractivity contribution in [1.82, 2.24) is 5.43 Å². The number of alkyl halides is 7. The lowest BCUT2D eigenvalue weighted by molar-refractivity contribution is -0.361. The number of nitrogens with one attached hydrogen (secondary N) is 1. The van der Waals surface area contributed by atoms with E-state index in [0.29, 0.717) is 33.0 Å². The van der Waals surface area contributed by atoms with Crippen molar-refractivity contribution in [2.24, 2.45) is 5.10 Å². The molecule has 0 heterocycles. The van der Waals surface area contributed by atoms with Crippen LogP contribution in [-0.2, 0) is 6.61 Å². The highest BCUT2D eigenvalue weighted by Crippen LogP contribution is 2.45. The van der Waals surface area contributed by atoms with E-state index in [0.717, 1.165) is 0 Å². The third-order valence-corrected chi connectivity index (χ3v) is 4.79. The van der Waals surface area contributed by atoms with Crippen LogP contribution in [0.4, 0.5) is 30.7 Å². The lowest BCUT2D eigenvalue weighted by Gasteiger charge is -2.27. The van der Waals surface area contributed by atoms with Crippen LogP contribution in [0, 0.1) is 0 Å². The molecule has 3 aromatic rings. The third-order valence-electron chi connectivity index (χ3n) is 4.42. The van der Waals surface area contributed by atoms with Gasteiger partial charge in [-0.1, -0.05) is 60.1 Å². The van der Waals surface area contributed by atoms with Crippen molar-refractivity contribution in [3.8, 4) is 5.75 Å². The molecule has 3 aromatic carbocycles.